The van der Waals surface area contributed by atoms with Crippen LogP contribution in [0.2, 0.25) is 0 Å². The van der Waals surface area contributed by atoms with E-state index in [-0.39, 0.29) is 17.8 Å². The highest BCUT2D eigenvalue weighted by molar-refractivity contribution is 5.85. The third-order valence-electron chi connectivity index (χ3n) is 6.90. The summed E-state index contributed by atoms with van der Waals surface area (Å²) in [6.45, 7) is 9.42. The molecule has 3 atom stereocenters. The molecule has 2 aromatic rings. The van der Waals surface area contributed by atoms with Gasteiger partial charge in [-0.25, -0.2) is 0 Å². The number of benzene rings is 2. The van der Waals surface area contributed by atoms with E-state index in [0.29, 0.717) is 17.7 Å². The fourth-order valence-corrected chi connectivity index (χ4v) is 5.43. The molecule has 1 N–H and O–H groups in total. The Kier molecular flexibility index (Phi) is 5.88. The van der Waals surface area contributed by atoms with Gasteiger partial charge in [0.15, 0.2) is 0 Å². The van der Waals surface area contributed by atoms with Crippen molar-refractivity contribution in [2.24, 2.45) is 11.8 Å². The van der Waals surface area contributed by atoms with E-state index in [1.807, 2.05) is 12.1 Å². The molecular formula is C24H32ClNO. The summed E-state index contributed by atoms with van der Waals surface area (Å²) in [5, 5.41) is 10.2. The second-order valence-electron chi connectivity index (χ2n) is 8.71. The van der Waals surface area contributed by atoms with Gasteiger partial charge in [-0.3, -0.25) is 4.90 Å². The van der Waals surface area contributed by atoms with Crippen LogP contribution >= 0.6 is 12.4 Å². The first kappa shape index (κ1) is 20.2. The summed E-state index contributed by atoms with van der Waals surface area (Å²) in [5.74, 6) is 1.69. The lowest BCUT2D eigenvalue weighted by atomic mass is 9.55. The average Bonchev–Trinajstić information content (AvgIpc) is 2.63. The van der Waals surface area contributed by atoms with Crippen molar-refractivity contribution in [2.75, 3.05) is 13.1 Å². The molecule has 3 heteroatoms. The van der Waals surface area contributed by atoms with Crippen molar-refractivity contribution >= 4 is 12.4 Å². The second-order valence-corrected chi connectivity index (χ2v) is 8.71. The van der Waals surface area contributed by atoms with Crippen molar-refractivity contribution in [2.45, 2.75) is 51.5 Å². The third kappa shape index (κ3) is 3.39. The van der Waals surface area contributed by atoms with E-state index in [1.165, 1.54) is 29.7 Å². The zero-order valence-electron chi connectivity index (χ0n) is 16.7. The van der Waals surface area contributed by atoms with Crippen molar-refractivity contribution in [3.05, 3.63) is 65.2 Å². The molecule has 1 saturated heterocycles. The minimum absolute atomic E-state index is 0. The Morgan fingerprint density at radius 1 is 1.15 bits per heavy atom. The van der Waals surface area contributed by atoms with Gasteiger partial charge in [-0.2, -0.15) is 0 Å². The fraction of sp³-hybridized carbons (Fsp3) is 0.500. The normalized spacial score (nSPS) is 27.1. The highest BCUT2D eigenvalue weighted by Crippen LogP contribution is 2.53. The van der Waals surface area contributed by atoms with E-state index in [2.05, 4.69) is 62.1 Å². The molecule has 0 amide bonds. The number of piperidine rings is 1. The van der Waals surface area contributed by atoms with Crippen LogP contribution < -0.4 is 0 Å². The van der Waals surface area contributed by atoms with Gasteiger partial charge in [0.05, 0.1) is 0 Å². The first-order chi connectivity index (χ1) is 12.5. The maximum atomic E-state index is 10.2. The summed E-state index contributed by atoms with van der Waals surface area (Å²) in [7, 11) is 0. The number of phenols is 1. The van der Waals surface area contributed by atoms with E-state index >= 15 is 0 Å². The molecule has 2 aromatic carbocycles. The first-order valence-electron chi connectivity index (χ1n) is 10.1. The van der Waals surface area contributed by atoms with Crippen LogP contribution in [-0.2, 0) is 11.8 Å². The molecule has 1 heterocycles. The van der Waals surface area contributed by atoms with Crippen molar-refractivity contribution < 1.29 is 5.11 Å². The Hall–Kier alpha value is -1.51. The number of phenolic OH excluding ortho intramolecular Hbond substituents is 1. The standard InChI is InChI=1S/C24H31NO.ClH/c1-17(2)11-13-25-14-12-24(20-7-5-4-6-8-20)18(3)23(25)15-19-9-10-21(26)16-22(19)24;/h4-10,16-18,23,26H,11-15H2,1-3H3;1H/t18-,23?,24?;/m1./s1. The maximum absolute atomic E-state index is 10.2. The van der Waals surface area contributed by atoms with Gasteiger partial charge in [-0.1, -0.05) is 57.2 Å². The van der Waals surface area contributed by atoms with E-state index in [0.717, 1.165) is 25.3 Å². The minimum atomic E-state index is 0. The monoisotopic (exact) mass is 385 g/mol. The molecule has 1 aliphatic carbocycles. The van der Waals surface area contributed by atoms with Crippen LogP contribution in [0.15, 0.2) is 48.5 Å². The van der Waals surface area contributed by atoms with E-state index in [1.54, 1.807) is 0 Å². The van der Waals surface area contributed by atoms with Gasteiger partial charge >= 0.3 is 0 Å². The van der Waals surface area contributed by atoms with Crippen LogP contribution in [0.1, 0.15) is 50.3 Å². The number of hydrogen-bond donors (Lipinski definition) is 1. The van der Waals surface area contributed by atoms with Gasteiger partial charge in [0.1, 0.15) is 5.75 Å². The highest BCUT2D eigenvalue weighted by Gasteiger charge is 2.51. The molecule has 146 valence electrons. The van der Waals surface area contributed by atoms with E-state index < -0.39 is 0 Å². The maximum Gasteiger partial charge on any atom is 0.115 e. The summed E-state index contributed by atoms with van der Waals surface area (Å²) >= 11 is 0. The predicted molar refractivity (Wildman–Crippen MR) is 115 cm³/mol. The Morgan fingerprint density at radius 3 is 2.59 bits per heavy atom. The first-order valence-corrected chi connectivity index (χ1v) is 10.1. The molecule has 27 heavy (non-hydrogen) atoms. The van der Waals surface area contributed by atoms with Crippen LogP contribution in [0, 0.1) is 11.8 Å². The van der Waals surface area contributed by atoms with Gasteiger partial charge in [-0.15, -0.1) is 12.4 Å². The highest BCUT2D eigenvalue weighted by atomic mass is 35.5. The number of nitrogens with zero attached hydrogens (tertiary/aromatic N) is 1. The fourth-order valence-electron chi connectivity index (χ4n) is 5.43. The summed E-state index contributed by atoms with van der Waals surface area (Å²) in [6, 6.07) is 17.6. The Labute approximate surface area is 170 Å². The smallest absolute Gasteiger partial charge is 0.115 e. The molecule has 1 aliphatic heterocycles. The largest absolute Gasteiger partial charge is 0.508 e. The zero-order valence-corrected chi connectivity index (χ0v) is 17.5. The molecule has 2 aliphatic rings. The summed E-state index contributed by atoms with van der Waals surface area (Å²) in [6.07, 6.45) is 3.50. The molecule has 0 aromatic heterocycles. The minimum Gasteiger partial charge on any atom is -0.508 e. The average molecular weight is 386 g/mol. The number of fused-ring (bicyclic) bond motifs is 4. The SMILES string of the molecule is CC(C)CCN1CCC2(c3ccccc3)c3cc(O)ccc3CC1[C@H]2C.Cl. The molecule has 0 saturated carbocycles. The molecule has 2 unspecified atom stereocenters. The topological polar surface area (TPSA) is 23.5 Å². The molecule has 2 bridgehead atoms. The van der Waals surface area contributed by atoms with Gasteiger partial charge < -0.3 is 5.11 Å². The molecule has 1 fully saturated rings. The Morgan fingerprint density at radius 2 is 1.89 bits per heavy atom. The number of hydrogen-bond acceptors (Lipinski definition) is 2. The van der Waals surface area contributed by atoms with Gasteiger partial charge in [-0.05, 0) is 73.0 Å². The number of aromatic hydroxyl groups is 1. The molecule has 0 spiro atoms. The van der Waals surface area contributed by atoms with Crippen LogP contribution in [0.5, 0.6) is 5.75 Å². The Bertz CT molecular complexity index is 775. The third-order valence-corrected chi connectivity index (χ3v) is 6.90. The predicted octanol–water partition coefficient (Wildman–Crippen LogP) is 5.41. The van der Waals surface area contributed by atoms with Crippen molar-refractivity contribution in [1.29, 1.82) is 0 Å². The van der Waals surface area contributed by atoms with Crippen LogP contribution in [0.3, 0.4) is 0 Å². The van der Waals surface area contributed by atoms with E-state index in [9.17, 15) is 5.11 Å². The molecular weight excluding hydrogens is 354 g/mol. The lowest BCUT2D eigenvalue weighted by Crippen LogP contribution is -2.59. The van der Waals surface area contributed by atoms with Crippen LogP contribution in [-0.4, -0.2) is 29.1 Å². The van der Waals surface area contributed by atoms with Gasteiger partial charge in [0.25, 0.3) is 0 Å². The van der Waals surface area contributed by atoms with Crippen molar-refractivity contribution in [3.63, 3.8) is 0 Å². The Balaban J connectivity index is 0.00000210. The summed E-state index contributed by atoms with van der Waals surface area (Å²) < 4.78 is 0. The lowest BCUT2D eigenvalue weighted by molar-refractivity contribution is 0.0378. The molecule has 4 rings (SSSR count). The number of halogens is 1. The second kappa shape index (κ2) is 7.85. The van der Waals surface area contributed by atoms with Crippen LogP contribution in [0.4, 0.5) is 0 Å². The molecule has 0 radical (unpaired) electrons. The van der Waals surface area contributed by atoms with Crippen molar-refractivity contribution in [1.82, 2.24) is 4.90 Å². The van der Waals surface area contributed by atoms with E-state index in [4.69, 9.17) is 0 Å². The van der Waals surface area contributed by atoms with Gasteiger partial charge in [0, 0.05) is 11.5 Å². The quantitative estimate of drug-likeness (QED) is 0.760. The zero-order chi connectivity index (χ0) is 18.3. The lowest BCUT2D eigenvalue weighted by Gasteiger charge is -2.56. The summed E-state index contributed by atoms with van der Waals surface area (Å²) in [4.78, 5) is 2.74. The molecule has 2 nitrogen and oxygen atoms in total. The van der Waals surface area contributed by atoms with Crippen LogP contribution in [0.25, 0.3) is 0 Å². The van der Waals surface area contributed by atoms with Crippen molar-refractivity contribution in [3.8, 4) is 5.75 Å². The van der Waals surface area contributed by atoms with Gasteiger partial charge in [0.2, 0.25) is 0 Å². The summed E-state index contributed by atoms with van der Waals surface area (Å²) in [5.41, 5.74) is 4.21. The number of likely N-dealkylation sites (tertiary alicyclic amines) is 1. The number of rotatable bonds is 4.